The normalized spacial score (nSPS) is 18.3. The zero-order valence-electron chi connectivity index (χ0n) is 29.2. The standard InChI is InChI=1S/C41H48N4O3P2S/c1-41(29-49(31-16-6-2-7-17-31)32-18-8-3-9-19-32,30-50(33-20-10-4-11-21-33)34-22-12-5-13-23-34)28-43-38(47)26-42-37(46)25-15-14-24-36-39-35(27-51-36)44-40(48)45-39/h2-13,16-23,35-36,39H,14-15,24-30H2,1H3,(H,42,46)(H,43,47)(H2,44,45,48)/t35-,36-,39-/m0/s1. The van der Waals surface area contributed by atoms with Gasteiger partial charge in [0.15, 0.2) is 0 Å². The highest BCUT2D eigenvalue weighted by molar-refractivity contribution is 8.00. The summed E-state index contributed by atoms with van der Waals surface area (Å²) >= 11 is 1.89. The van der Waals surface area contributed by atoms with Gasteiger partial charge in [0.25, 0.3) is 0 Å². The summed E-state index contributed by atoms with van der Waals surface area (Å²) in [5.74, 6) is 0.664. The van der Waals surface area contributed by atoms with Crippen LogP contribution in [0, 0.1) is 5.41 Å². The topological polar surface area (TPSA) is 99.3 Å². The molecule has 4 amide bonds. The van der Waals surface area contributed by atoms with Crippen molar-refractivity contribution in [2.45, 2.75) is 49.9 Å². The first-order valence-electron chi connectivity index (χ1n) is 17.8. The van der Waals surface area contributed by atoms with Crippen molar-refractivity contribution < 1.29 is 14.4 Å². The molecular weight excluding hydrogens is 690 g/mol. The van der Waals surface area contributed by atoms with E-state index in [4.69, 9.17) is 0 Å². The summed E-state index contributed by atoms with van der Waals surface area (Å²) in [4.78, 5) is 37.7. The van der Waals surface area contributed by atoms with E-state index in [0.717, 1.165) is 37.3 Å². The molecule has 2 saturated heterocycles. The largest absolute Gasteiger partial charge is 0.354 e. The highest BCUT2D eigenvalue weighted by atomic mass is 32.2. The smallest absolute Gasteiger partial charge is 0.315 e. The Kier molecular flexibility index (Phi) is 13.2. The maximum absolute atomic E-state index is 13.3. The van der Waals surface area contributed by atoms with Gasteiger partial charge in [-0.05, 0) is 67.6 Å². The molecule has 266 valence electrons. The number of thioether (sulfide) groups is 1. The number of fused-ring (bicyclic) bond motifs is 1. The Morgan fingerprint density at radius 3 is 1.69 bits per heavy atom. The van der Waals surface area contributed by atoms with Crippen molar-refractivity contribution in [3.8, 4) is 0 Å². The van der Waals surface area contributed by atoms with E-state index in [-0.39, 0.29) is 41.9 Å². The van der Waals surface area contributed by atoms with E-state index in [0.29, 0.717) is 18.2 Å². The number of nitrogens with one attached hydrogen (secondary N) is 4. The molecular formula is C41H48N4O3P2S. The second kappa shape index (κ2) is 18.2. The molecule has 0 unspecified atom stereocenters. The average Bonchev–Trinajstić information content (AvgIpc) is 3.73. The first-order chi connectivity index (χ1) is 24.9. The summed E-state index contributed by atoms with van der Waals surface area (Å²) in [7, 11) is -1.42. The van der Waals surface area contributed by atoms with Gasteiger partial charge in [0.1, 0.15) is 0 Å². The van der Waals surface area contributed by atoms with Crippen molar-refractivity contribution in [3.63, 3.8) is 0 Å². The summed E-state index contributed by atoms with van der Waals surface area (Å²) in [6.07, 6.45) is 4.82. The van der Waals surface area contributed by atoms with Crippen molar-refractivity contribution in [1.29, 1.82) is 0 Å². The second-order valence-corrected chi connectivity index (χ2v) is 19.4. The van der Waals surface area contributed by atoms with Crippen molar-refractivity contribution in [2.75, 3.05) is 31.2 Å². The molecule has 0 spiro atoms. The van der Waals surface area contributed by atoms with Crippen LogP contribution in [-0.2, 0) is 9.59 Å². The number of amides is 4. The van der Waals surface area contributed by atoms with Crippen LogP contribution in [0.5, 0.6) is 0 Å². The van der Waals surface area contributed by atoms with Gasteiger partial charge in [-0.1, -0.05) is 135 Å². The maximum Gasteiger partial charge on any atom is 0.315 e. The first-order valence-corrected chi connectivity index (χ1v) is 21.9. The number of unbranched alkanes of at least 4 members (excludes halogenated alkanes) is 1. The van der Waals surface area contributed by atoms with E-state index >= 15 is 0 Å². The number of carbonyl (C=O) groups is 3. The molecule has 51 heavy (non-hydrogen) atoms. The predicted molar refractivity (Wildman–Crippen MR) is 216 cm³/mol. The zero-order valence-corrected chi connectivity index (χ0v) is 31.8. The van der Waals surface area contributed by atoms with E-state index in [1.54, 1.807) is 0 Å². The van der Waals surface area contributed by atoms with Crippen LogP contribution in [0.2, 0.25) is 0 Å². The van der Waals surface area contributed by atoms with Crippen LogP contribution >= 0.6 is 27.6 Å². The number of carbonyl (C=O) groups excluding carboxylic acids is 3. The molecule has 6 rings (SSSR count). The predicted octanol–water partition coefficient (Wildman–Crippen LogP) is 5.22. The third-order valence-electron chi connectivity index (χ3n) is 9.59. The summed E-state index contributed by atoms with van der Waals surface area (Å²) in [5, 5.41) is 17.8. The van der Waals surface area contributed by atoms with Crippen LogP contribution in [-0.4, -0.2) is 66.3 Å². The molecule has 2 fully saturated rings. The van der Waals surface area contributed by atoms with E-state index in [2.05, 4.69) is 150 Å². The molecule has 4 aromatic carbocycles. The molecule has 4 aromatic rings. The van der Waals surface area contributed by atoms with Gasteiger partial charge in [0.05, 0.1) is 18.6 Å². The quantitative estimate of drug-likeness (QED) is 0.0679. The molecule has 2 aliphatic rings. The Morgan fingerprint density at radius 1 is 0.706 bits per heavy atom. The van der Waals surface area contributed by atoms with Gasteiger partial charge in [0.2, 0.25) is 11.8 Å². The minimum absolute atomic E-state index is 0.0346. The molecule has 0 bridgehead atoms. The van der Waals surface area contributed by atoms with Crippen molar-refractivity contribution in [1.82, 2.24) is 21.3 Å². The lowest BCUT2D eigenvalue weighted by Crippen LogP contribution is -2.45. The number of hydrogen-bond acceptors (Lipinski definition) is 4. The highest BCUT2D eigenvalue weighted by Gasteiger charge is 2.42. The van der Waals surface area contributed by atoms with E-state index in [9.17, 15) is 14.4 Å². The fraction of sp³-hybridized carbons (Fsp3) is 0.341. The first kappa shape index (κ1) is 37.1. The molecule has 10 heteroatoms. The molecule has 7 nitrogen and oxygen atoms in total. The molecule has 0 aliphatic carbocycles. The zero-order chi connectivity index (χ0) is 35.5. The molecule has 0 aromatic heterocycles. The number of benzene rings is 4. The molecule has 2 aliphatic heterocycles. The van der Waals surface area contributed by atoms with Gasteiger partial charge in [-0.2, -0.15) is 11.8 Å². The molecule has 3 atom stereocenters. The lowest BCUT2D eigenvalue weighted by molar-refractivity contribution is -0.126. The SMILES string of the molecule is CC(CNC(=O)CNC(=O)CCCC[C@@H]1SC[C@@H]2NC(=O)N[C@@H]21)(CP(c1ccccc1)c1ccccc1)CP(c1ccccc1)c1ccccc1. The van der Waals surface area contributed by atoms with Crippen LogP contribution in [0.15, 0.2) is 121 Å². The van der Waals surface area contributed by atoms with Crippen LogP contribution in [0.1, 0.15) is 32.6 Å². The van der Waals surface area contributed by atoms with Crippen molar-refractivity contribution in [3.05, 3.63) is 121 Å². The highest BCUT2D eigenvalue weighted by Crippen LogP contribution is 2.47. The Hall–Kier alpha value is -3.70. The summed E-state index contributed by atoms with van der Waals surface area (Å²) < 4.78 is 0. The fourth-order valence-corrected chi connectivity index (χ4v) is 14.1. The monoisotopic (exact) mass is 738 g/mol. The van der Waals surface area contributed by atoms with Crippen LogP contribution in [0.25, 0.3) is 0 Å². The summed E-state index contributed by atoms with van der Waals surface area (Å²) in [5.41, 5.74) is -0.250. The van der Waals surface area contributed by atoms with Gasteiger partial charge in [-0.3, -0.25) is 9.59 Å². The fourth-order valence-electron chi connectivity index (χ4n) is 6.94. The van der Waals surface area contributed by atoms with Crippen molar-refractivity contribution in [2.24, 2.45) is 5.41 Å². The minimum atomic E-state index is -0.710. The maximum atomic E-state index is 13.3. The van der Waals surface area contributed by atoms with E-state index in [1.807, 2.05) is 11.8 Å². The Labute approximate surface area is 309 Å². The summed E-state index contributed by atoms with van der Waals surface area (Å²) in [6, 6.07) is 43.4. The molecule has 0 radical (unpaired) electrons. The van der Waals surface area contributed by atoms with E-state index < -0.39 is 15.8 Å². The van der Waals surface area contributed by atoms with Gasteiger partial charge >= 0.3 is 6.03 Å². The molecule has 0 saturated carbocycles. The second-order valence-electron chi connectivity index (χ2n) is 13.7. The Morgan fingerprint density at radius 2 is 1.20 bits per heavy atom. The Bertz CT molecular complexity index is 1550. The number of rotatable bonds is 17. The van der Waals surface area contributed by atoms with E-state index in [1.165, 1.54) is 21.2 Å². The van der Waals surface area contributed by atoms with Gasteiger partial charge in [0, 0.05) is 24.0 Å². The Balaban J connectivity index is 1.10. The van der Waals surface area contributed by atoms with Gasteiger partial charge in [-0.15, -0.1) is 0 Å². The van der Waals surface area contributed by atoms with Crippen molar-refractivity contribution >= 4 is 66.7 Å². The van der Waals surface area contributed by atoms with Gasteiger partial charge < -0.3 is 21.3 Å². The lowest BCUT2D eigenvalue weighted by atomic mass is 9.96. The number of hydrogen-bond donors (Lipinski definition) is 4. The van der Waals surface area contributed by atoms with Crippen LogP contribution in [0.3, 0.4) is 0 Å². The molecule has 2 heterocycles. The van der Waals surface area contributed by atoms with Crippen LogP contribution in [0.4, 0.5) is 4.79 Å². The number of urea groups is 1. The van der Waals surface area contributed by atoms with Crippen LogP contribution < -0.4 is 42.5 Å². The van der Waals surface area contributed by atoms with Gasteiger partial charge in [-0.25, -0.2) is 4.79 Å². The third kappa shape index (κ3) is 10.4. The molecule has 4 N–H and O–H groups in total. The minimum Gasteiger partial charge on any atom is -0.354 e. The lowest BCUT2D eigenvalue weighted by Gasteiger charge is -2.37. The third-order valence-corrected chi connectivity index (χ3v) is 16.9. The summed E-state index contributed by atoms with van der Waals surface area (Å²) in [6.45, 7) is 2.80. The average molecular weight is 739 g/mol.